The van der Waals surface area contributed by atoms with Crippen LogP contribution in [0, 0.1) is 19.7 Å². The Morgan fingerprint density at radius 1 is 0.966 bits per heavy atom. The van der Waals surface area contributed by atoms with Gasteiger partial charge >= 0.3 is 5.97 Å². The number of amidine groups is 1. The van der Waals surface area contributed by atoms with Gasteiger partial charge < -0.3 is 15.3 Å². The van der Waals surface area contributed by atoms with E-state index in [9.17, 15) is 9.18 Å². The largest absolute Gasteiger partial charge is 0.488 e. The molecule has 29 heavy (non-hydrogen) atoms. The molecular weight excluding hydrogens is 371 g/mol. The molecule has 0 radical (unpaired) electrons. The molecule has 0 amide bonds. The smallest absolute Gasteiger partial charge is 0.366 e. The predicted octanol–water partition coefficient (Wildman–Crippen LogP) is 4.50. The number of carbonyl (C=O) groups is 1. The number of nitrogens with two attached hydrogens (primary N) is 1. The Bertz CT molecular complexity index is 1030. The lowest BCUT2D eigenvalue weighted by Gasteiger charge is -2.11. The van der Waals surface area contributed by atoms with Gasteiger partial charge in [-0.05, 0) is 54.8 Å². The molecule has 0 aliphatic carbocycles. The number of hydrogen-bond acceptors (Lipinski definition) is 4. The number of hydrogen-bond donors (Lipinski definition) is 1. The second-order valence-electron chi connectivity index (χ2n) is 6.53. The Kier molecular flexibility index (Phi) is 6.24. The van der Waals surface area contributed by atoms with Crippen LogP contribution in [0.25, 0.3) is 0 Å². The Hall–Kier alpha value is -3.67. The van der Waals surface area contributed by atoms with Gasteiger partial charge in [0, 0.05) is 0 Å². The average Bonchev–Trinajstić information content (AvgIpc) is 2.71. The molecule has 0 fully saturated rings. The number of benzene rings is 3. The number of para-hydroxylation sites is 1. The molecule has 0 aliphatic heterocycles. The van der Waals surface area contributed by atoms with Crippen molar-refractivity contribution in [2.45, 2.75) is 20.5 Å². The van der Waals surface area contributed by atoms with Gasteiger partial charge in [-0.25, -0.2) is 9.18 Å². The number of nitrogens with zero attached hydrogens (tertiary/aromatic N) is 1. The van der Waals surface area contributed by atoms with Gasteiger partial charge in [0.2, 0.25) is 0 Å². The quantitative estimate of drug-likeness (QED) is 0.290. The molecule has 0 aromatic heterocycles. The summed E-state index contributed by atoms with van der Waals surface area (Å²) in [4.78, 5) is 17.5. The summed E-state index contributed by atoms with van der Waals surface area (Å²) in [5.74, 6) is -0.398. The Labute approximate surface area is 168 Å². The van der Waals surface area contributed by atoms with Gasteiger partial charge in [-0.15, -0.1) is 0 Å². The first-order valence-corrected chi connectivity index (χ1v) is 9.03. The maximum atomic E-state index is 13.0. The fraction of sp³-hybridized carbons (Fsp3) is 0.130. The van der Waals surface area contributed by atoms with Crippen molar-refractivity contribution in [3.05, 3.63) is 100 Å². The molecule has 0 atom stereocenters. The van der Waals surface area contributed by atoms with E-state index in [1.165, 1.54) is 12.1 Å². The zero-order valence-corrected chi connectivity index (χ0v) is 16.2. The normalized spacial score (nSPS) is 11.2. The third kappa shape index (κ3) is 4.99. The maximum Gasteiger partial charge on any atom is 0.366 e. The van der Waals surface area contributed by atoms with Crippen LogP contribution < -0.4 is 10.5 Å². The molecule has 0 aliphatic rings. The number of ether oxygens (including phenoxy) is 1. The molecule has 0 spiro atoms. The molecule has 0 saturated heterocycles. The van der Waals surface area contributed by atoms with Crippen molar-refractivity contribution in [1.82, 2.24) is 0 Å². The fourth-order valence-corrected chi connectivity index (χ4v) is 2.87. The zero-order chi connectivity index (χ0) is 20.8. The van der Waals surface area contributed by atoms with Crippen molar-refractivity contribution in [2.75, 3.05) is 0 Å². The van der Waals surface area contributed by atoms with E-state index in [1.54, 1.807) is 36.4 Å². The van der Waals surface area contributed by atoms with E-state index in [2.05, 4.69) is 5.16 Å². The molecule has 6 heteroatoms. The van der Waals surface area contributed by atoms with Gasteiger partial charge in [0.25, 0.3) is 0 Å². The Balaban J connectivity index is 1.74. The van der Waals surface area contributed by atoms with Gasteiger partial charge in [0.15, 0.2) is 5.84 Å². The second kappa shape index (κ2) is 9.01. The van der Waals surface area contributed by atoms with E-state index in [0.29, 0.717) is 16.9 Å². The van der Waals surface area contributed by atoms with Crippen LogP contribution in [0.4, 0.5) is 4.39 Å². The summed E-state index contributed by atoms with van der Waals surface area (Å²) in [6.45, 7) is 3.89. The molecular formula is C23H21FN2O3. The van der Waals surface area contributed by atoms with E-state index in [1.807, 2.05) is 32.0 Å². The average molecular weight is 392 g/mol. The number of aryl methyl sites for hydroxylation is 2. The Morgan fingerprint density at radius 2 is 1.62 bits per heavy atom. The van der Waals surface area contributed by atoms with Crippen molar-refractivity contribution >= 4 is 11.8 Å². The fourth-order valence-electron chi connectivity index (χ4n) is 2.87. The minimum atomic E-state index is -0.576. The summed E-state index contributed by atoms with van der Waals surface area (Å²) in [5, 5.41) is 3.80. The summed E-state index contributed by atoms with van der Waals surface area (Å²) in [6.07, 6.45) is 0. The number of rotatable bonds is 6. The first kappa shape index (κ1) is 20.1. The Morgan fingerprint density at radius 3 is 2.31 bits per heavy atom. The topological polar surface area (TPSA) is 73.9 Å². The van der Waals surface area contributed by atoms with E-state index in [0.717, 1.165) is 16.7 Å². The molecule has 148 valence electrons. The van der Waals surface area contributed by atoms with Crippen LogP contribution in [0.15, 0.2) is 71.9 Å². The zero-order valence-electron chi connectivity index (χ0n) is 16.2. The van der Waals surface area contributed by atoms with Crippen LogP contribution in [0.3, 0.4) is 0 Å². The van der Waals surface area contributed by atoms with Crippen molar-refractivity contribution in [1.29, 1.82) is 0 Å². The molecule has 0 unspecified atom stereocenters. The van der Waals surface area contributed by atoms with E-state index in [4.69, 9.17) is 15.3 Å². The third-order valence-electron chi connectivity index (χ3n) is 4.38. The molecule has 2 N–H and O–H groups in total. The van der Waals surface area contributed by atoms with Crippen LogP contribution in [0.5, 0.6) is 5.75 Å². The maximum absolute atomic E-state index is 13.0. The highest BCUT2D eigenvalue weighted by Gasteiger charge is 2.15. The molecule has 0 bridgehead atoms. The van der Waals surface area contributed by atoms with Crippen LogP contribution in [0.1, 0.15) is 32.6 Å². The standard InChI is InChI=1S/C23H21FN2O3/c1-15-6-5-7-16(2)21(15)23(27)29-26-22(25)19-8-3-4-9-20(19)28-14-17-10-12-18(24)13-11-17/h3-13H,14H2,1-2H3,(H2,25,26). The van der Waals surface area contributed by atoms with Gasteiger partial charge in [0.1, 0.15) is 18.2 Å². The van der Waals surface area contributed by atoms with E-state index >= 15 is 0 Å². The van der Waals surface area contributed by atoms with Crippen molar-refractivity contribution in [2.24, 2.45) is 10.9 Å². The third-order valence-corrected chi connectivity index (χ3v) is 4.38. The van der Waals surface area contributed by atoms with Crippen LogP contribution >= 0.6 is 0 Å². The van der Waals surface area contributed by atoms with Crippen LogP contribution in [-0.2, 0) is 11.4 Å². The molecule has 3 aromatic rings. The lowest BCUT2D eigenvalue weighted by atomic mass is 10.0. The lowest BCUT2D eigenvalue weighted by molar-refractivity contribution is 0.0514. The summed E-state index contributed by atoms with van der Waals surface area (Å²) in [6, 6.07) is 18.6. The highest BCUT2D eigenvalue weighted by Crippen LogP contribution is 2.20. The SMILES string of the molecule is Cc1cccc(C)c1C(=O)ON=C(N)c1ccccc1OCc1ccc(F)cc1. The minimum absolute atomic E-state index is 0.0132. The van der Waals surface area contributed by atoms with Gasteiger partial charge in [-0.3, -0.25) is 0 Å². The molecule has 3 rings (SSSR count). The highest BCUT2D eigenvalue weighted by molar-refractivity contribution is 6.00. The van der Waals surface area contributed by atoms with Crippen molar-refractivity contribution < 1.29 is 18.8 Å². The number of halogens is 1. The molecule has 0 heterocycles. The summed E-state index contributed by atoms with van der Waals surface area (Å²) < 4.78 is 18.8. The van der Waals surface area contributed by atoms with Gasteiger partial charge in [0.05, 0.1) is 11.1 Å². The highest BCUT2D eigenvalue weighted by atomic mass is 19.1. The second-order valence-corrected chi connectivity index (χ2v) is 6.53. The van der Waals surface area contributed by atoms with Crippen LogP contribution in [-0.4, -0.2) is 11.8 Å². The van der Waals surface area contributed by atoms with Crippen molar-refractivity contribution in [3.8, 4) is 5.75 Å². The molecule has 0 saturated carbocycles. The first-order valence-electron chi connectivity index (χ1n) is 9.03. The molecule has 5 nitrogen and oxygen atoms in total. The number of oxime groups is 1. The lowest BCUT2D eigenvalue weighted by Crippen LogP contribution is -2.17. The van der Waals surface area contributed by atoms with E-state index in [-0.39, 0.29) is 18.3 Å². The summed E-state index contributed by atoms with van der Waals surface area (Å²) in [7, 11) is 0. The monoisotopic (exact) mass is 392 g/mol. The molecule has 3 aromatic carbocycles. The van der Waals surface area contributed by atoms with Gasteiger partial charge in [-0.1, -0.05) is 47.6 Å². The number of carbonyl (C=O) groups excluding carboxylic acids is 1. The summed E-state index contributed by atoms with van der Waals surface area (Å²) >= 11 is 0. The minimum Gasteiger partial charge on any atom is -0.488 e. The van der Waals surface area contributed by atoms with Crippen molar-refractivity contribution in [3.63, 3.8) is 0 Å². The van der Waals surface area contributed by atoms with E-state index < -0.39 is 5.97 Å². The first-order chi connectivity index (χ1) is 14.0. The van der Waals surface area contributed by atoms with Gasteiger partial charge in [-0.2, -0.15) is 0 Å². The summed E-state index contributed by atoms with van der Waals surface area (Å²) in [5.41, 5.74) is 9.38. The predicted molar refractivity (Wildman–Crippen MR) is 109 cm³/mol. The van der Waals surface area contributed by atoms with Crippen LogP contribution in [0.2, 0.25) is 0 Å².